The van der Waals surface area contributed by atoms with Gasteiger partial charge in [0.2, 0.25) is 5.91 Å². The molecule has 3 N–H and O–H groups in total. The highest BCUT2D eigenvalue weighted by Crippen LogP contribution is 2.18. The van der Waals surface area contributed by atoms with Gasteiger partial charge in [0.25, 0.3) is 0 Å². The lowest BCUT2D eigenvalue weighted by molar-refractivity contribution is -0.126. The zero-order valence-electron chi connectivity index (χ0n) is 10.3. The second kappa shape index (κ2) is 6.70. The van der Waals surface area contributed by atoms with Crippen LogP contribution in [0.4, 0.5) is 0 Å². The fraction of sp³-hybridized carbons (Fsp3) is 0.583. The number of nitrogens with one attached hydrogen (secondary N) is 1. The van der Waals surface area contributed by atoms with Gasteiger partial charge in [-0.1, -0.05) is 13.3 Å². The van der Waals surface area contributed by atoms with Crippen molar-refractivity contribution in [3.8, 4) is 0 Å². The van der Waals surface area contributed by atoms with Crippen LogP contribution in [0.15, 0.2) is 12.1 Å². The molecule has 5 heteroatoms. The van der Waals surface area contributed by atoms with Gasteiger partial charge in [-0.15, -0.1) is 11.3 Å². The SMILES string of the molecule is CCCC(C)(N)C(=O)NCCc1ccc(I)s1. The molecule has 1 unspecified atom stereocenters. The van der Waals surface area contributed by atoms with Gasteiger partial charge in [-0.25, -0.2) is 0 Å². The first-order valence-electron chi connectivity index (χ1n) is 5.77. The van der Waals surface area contributed by atoms with Crippen LogP contribution in [0.2, 0.25) is 0 Å². The number of hydrogen-bond donors (Lipinski definition) is 2. The topological polar surface area (TPSA) is 55.1 Å². The summed E-state index contributed by atoms with van der Waals surface area (Å²) in [5.41, 5.74) is 5.21. The van der Waals surface area contributed by atoms with Crippen LogP contribution in [-0.2, 0) is 11.2 Å². The molecule has 0 saturated carbocycles. The maximum Gasteiger partial charge on any atom is 0.239 e. The van der Waals surface area contributed by atoms with E-state index in [0.29, 0.717) is 6.54 Å². The lowest BCUT2D eigenvalue weighted by Gasteiger charge is -2.22. The molecule has 1 aromatic heterocycles. The van der Waals surface area contributed by atoms with E-state index >= 15 is 0 Å². The predicted octanol–water partition coefficient (Wildman–Crippen LogP) is 2.53. The third-order valence-corrected chi connectivity index (χ3v) is 4.53. The molecule has 0 spiro atoms. The van der Waals surface area contributed by atoms with Gasteiger partial charge in [0.1, 0.15) is 0 Å². The summed E-state index contributed by atoms with van der Waals surface area (Å²) in [5, 5.41) is 2.91. The first-order valence-corrected chi connectivity index (χ1v) is 7.66. The molecule has 1 aromatic rings. The molecule has 0 saturated heterocycles. The molecule has 0 radical (unpaired) electrons. The monoisotopic (exact) mass is 366 g/mol. The Morgan fingerprint density at radius 2 is 2.29 bits per heavy atom. The van der Waals surface area contributed by atoms with Crippen LogP contribution >= 0.6 is 33.9 Å². The number of thiophene rings is 1. The van der Waals surface area contributed by atoms with Gasteiger partial charge < -0.3 is 11.1 Å². The Kier molecular flexibility index (Phi) is 5.88. The molecular weight excluding hydrogens is 347 g/mol. The van der Waals surface area contributed by atoms with Crippen molar-refractivity contribution in [1.29, 1.82) is 0 Å². The highest BCUT2D eigenvalue weighted by atomic mass is 127. The number of halogens is 1. The molecule has 0 aliphatic rings. The molecule has 0 aromatic carbocycles. The van der Waals surface area contributed by atoms with E-state index in [1.165, 1.54) is 7.76 Å². The first kappa shape index (κ1) is 14.9. The summed E-state index contributed by atoms with van der Waals surface area (Å²) in [5.74, 6) is -0.0504. The molecule has 3 nitrogen and oxygen atoms in total. The van der Waals surface area contributed by atoms with Gasteiger partial charge in [0, 0.05) is 11.4 Å². The molecule has 1 atom stereocenters. The molecule has 0 aliphatic carbocycles. The fourth-order valence-electron chi connectivity index (χ4n) is 1.62. The van der Waals surface area contributed by atoms with E-state index in [4.69, 9.17) is 5.73 Å². The van der Waals surface area contributed by atoms with Crippen molar-refractivity contribution in [3.63, 3.8) is 0 Å². The lowest BCUT2D eigenvalue weighted by atomic mass is 9.96. The minimum Gasteiger partial charge on any atom is -0.354 e. The standard InChI is InChI=1S/C12H19IN2OS/c1-3-7-12(2,14)11(16)15-8-6-9-4-5-10(13)17-9/h4-5H,3,6-8,14H2,1-2H3,(H,15,16). The van der Waals surface area contributed by atoms with Crippen molar-refractivity contribution in [2.45, 2.75) is 38.6 Å². The van der Waals surface area contributed by atoms with E-state index in [2.05, 4.69) is 40.0 Å². The molecule has 1 amide bonds. The van der Waals surface area contributed by atoms with E-state index in [0.717, 1.165) is 19.3 Å². The molecule has 0 fully saturated rings. The summed E-state index contributed by atoms with van der Waals surface area (Å²) in [7, 11) is 0. The Labute approximate surface area is 120 Å². The summed E-state index contributed by atoms with van der Waals surface area (Å²) < 4.78 is 1.28. The smallest absolute Gasteiger partial charge is 0.239 e. The highest BCUT2D eigenvalue weighted by molar-refractivity contribution is 14.1. The van der Waals surface area contributed by atoms with Gasteiger partial charge in [-0.05, 0) is 54.5 Å². The maximum atomic E-state index is 11.8. The first-order chi connectivity index (χ1) is 7.95. The minimum atomic E-state index is -0.737. The molecule has 0 bridgehead atoms. The van der Waals surface area contributed by atoms with Crippen LogP contribution in [0.1, 0.15) is 31.6 Å². The van der Waals surface area contributed by atoms with Crippen molar-refractivity contribution in [1.82, 2.24) is 5.32 Å². The summed E-state index contributed by atoms with van der Waals surface area (Å²) >= 11 is 4.06. The predicted molar refractivity (Wildman–Crippen MR) is 81.3 cm³/mol. The Hall–Kier alpha value is -0.140. The van der Waals surface area contributed by atoms with Crippen LogP contribution in [0.5, 0.6) is 0 Å². The van der Waals surface area contributed by atoms with Gasteiger partial charge in [-0.2, -0.15) is 0 Å². The van der Waals surface area contributed by atoms with Crippen molar-refractivity contribution in [2.75, 3.05) is 6.54 Å². The number of carbonyl (C=O) groups excluding carboxylic acids is 1. The van der Waals surface area contributed by atoms with Gasteiger partial charge in [0.05, 0.1) is 8.42 Å². The van der Waals surface area contributed by atoms with Crippen LogP contribution in [0, 0.1) is 2.88 Å². The summed E-state index contributed by atoms with van der Waals surface area (Å²) in [6.07, 6.45) is 2.51. The molecule has 0 aliphatic heterocycles. The quantitative estimate of drug-likeness (QED) is 0.761. The number of hydrogen-bond acceptors (Lipinski definition) is 3. The fourth-order valence-corrected chi connectivity index (χ4v) is 3.38. The summed E-state index contributed by atoms with van der Waals surface area (Å²) in [6.45, 7) is 4.48. The summed E-state index contributed by atoms with van der Waals surface area (Å²) in [6, 6.07) is 4.19. The third kappa shape index (κ3) is 4.93. The Morgan fingerprint density at radius 3 is 2.82 bits per heavy atom. The van der Waals surface area contributed by atoms with Gasteiger partial charge >= 0.3 is 0 Å². The third-order valence-electron chi connectivity index (χ3n) is 2.57. The lowest BCUT2D eigenvalue weighted by Crippen LogP contribution is -2.51. The zero-order chi connectivity index (χ0) is 12.9. The largest absolute Gasteiger partial charge is 0.354 e. The van der Waals surface area contributed by atoms with Crippen LogP contribution in [0.25, 0.3) is 0 Å². The number of nitrogens with two attached hydrogens (primary N) is 1. The average molecular weight is 366 g/mol. The Morgan fingerprint density at radius 1 is 1.59 bits per heavy atom. The average Bonchev–Trinajstić information content (AvgIpc) is 2.64. The Bertz CT molecular complexity index is 376. The summed E-state index contributed by atoms with van der Waals surface area (Å²) in [4.78, 5) is 13.1. The highest BCUT2D eigenvalue weighted by Gasteiger charge is 2.26. The van der Waals surface area contributed by atoms with Crippen LogP contribution in [-0.4, -0.2) is 18.0 Å². The van der Waals surface area contributed by atoms with Gasteiger partial charge in [-0.3, -0.25) is 4.79 Å². The van der Waals surface area contributed by atoms with Crippen molar-refractivity contribution in [2.24, 2.45) is 5.73 Å². The van der Waals surface area contributed by atoms with Gasteiger partial charge in [0.15, 0.2) is 0 Å². The van der Waals surface area contributed by atoms with Crippen LogP contribution < -0.4 is 11.1 Å². The second-order valence-electron chi connectivity index (χ2n) is 4.38. The van der Waals surface area contributed by atoms with E-state index in [-0.39, 0.29) is 5.91 Å². The van der Waals surface area contributed by atoms with E-state index < -0.39 is 5.54 Å². The molecule has 1 rings (SSSR count). The molecule has 1 heterocycles. The van der Waals surface area contributed by atoms with Crippen molar-refractivity contribution in [3.05, 3.63) is 19.9 Å². The van der Waals surface area contributed by atoms with E-state index in [1.807, 2.05) is 6.92 Å². The number of carbonyl (C=O) groups is 1. The zero-order valence-corrected chi connectivity index (χ0v) is 13.2. The second-order valence-corrected chi connectivity index (χ2v) is 7.44. The minimum absolute atomic E-state index is 0.0504. The number of rotatable bonds is 6. The molecule has 96 valence electrons. The van der Waals surface area contributed by atoms with Crippen molar-refractivity contribution >= 4 is 39.8 Å². The van der Waals surface area contributed by atoms with Crippen LogP contribution in [0.3, 0.4) is 0 Å². The molecular formula is C12H19IN2OS. The van der Waals surface area contributed by atoms with Crippen molar-refractivity contribution < 1.29 is 4.79 Å². The normalized spacial score (nSPS) is 14.4. The molecule has 17 heavy (non-hydrogen) atoms. The van der Waals surface area contributed by atoms with E-state index in [1.54, 1.807) is 18.3 Å². The maximum absolute atomic E-state index is 11.8. The van der Waals surface area contributed by atoms with E-state index in [9.17, 15) is 4.79 Å². The Balaban J connectivity index is 2.33. The number of amides is 1.